The molecule has 0 saturated carbocycles. The zero-order valence-electron chi connectivity index (χ0n) is 13.3. The highest BCUT2D eigenvalue weighted by molar-refractivity contribution is 9.10. The number of halogens is 1. The molecule has 0 spiro atoms. The molecule has 0 heterocycles. The number of rotatable bonds is 6. The molecule has 0 unspecified atom stereocenters. The van der Waals surface area contributed by atoms with Crippen molar-refractivity contribution in [2.75, 3.05) is 11.9 Å². The van der Waals surface area contributed by atoms with Crippen molar-refractivity contribution in [1.29, 1.82) is 0 Å². The maximum Gasteiger partial charge on any atom is 0.251 e. The van der Waals surface area contributed by atoms with Gasteiger partial charge in [-0.15, -0.1) is 0 Å². The van der Waals surface area contributed by atoms with Gasteiger partial charge in [0.15, 0.2) is 0 Å². The molecule has 0 fully saturated rings. The van der Waals surface area contributed by atoms with Gasteiger partial charge in [0.05, 0.1) is 12.5 Å². The number of nitrogens with one attached hydrogen (secondary N) is 2. The Morgan fingerprint density at radius 3 is 2.54 bits per heavy atom. The predicted molar refractivity (Wildman–Crippen MR) is 96.9 cm³/mol. The van der Waals surface area contributed by atoms with E-state index < -0.39 is 6.10 Å². The lowest BCUT2D eigenvalue weighted by atomic mass is 10.1. The number of carbonyl (C=O) groups excluding carboxylic acids is 2. The summed E-state index contributed by atoms with van der Waals surface area (Å²) in [6, 6.07) is 14.2. The van der Waals surface area contributed by atoms with Gasteiger partial charge in [-0.3, -0.25) is 9.59 Å². The van der Waals surface area contributed by atoms with E-state index >= 15 is 0 Å². The van der Waals surface area contributed by atoms with Crippen LogP contribution in [0.5, 0.6) is 0 Å². The van der Waals surface area contributed by atoms with Crippen molar-refractivity contribution >= 4 is 33.4 Å². The minimum Gasteiger partial charge on any atom is -0.392 e. The quantitative estimate of drug-likeness (QED) is 0.709. The molecule has 24 heavy (non-hydrogen) atoms. The van der Waals surface area contributed by atoms with Crippen molar-refractivity contribution in [1.82, 2.24) is 5.32 Å². The first-order chi connectivity index (χ1) is 11.4. The summed E-state index contributed by atoms with van der Waals surface area (Å²) in [4.78, 5) is 24.1. The summed E-state index contributed by atoms with van der Waals surface area (Å²) >= 11 is 3.35. The summed E-state index contributed by atoms with van der Waals surface area (Å²) in [5.74, 6) is -0.446. The topological polar surface area (TPSA) is 78.4 Å². The fourth-order valence-corrected chi connectivity index (χ4v) is 2.34. The highest BCUT2D eigenvalue weighted by Crippen LogP contribution is 2.13. The predicted octanol–water partition coefficient (Wildman–Crippen LogP) is 2.74. The van der Waals surface area contributed by atoms with Gasteiger partial charge in [-0.1, -0.05) is 34.1 Å². The summed E-state index contributed by atoms with van der Waals surface area (Å²) in [6.07, 6.45) is -0.353. The Morgan fingerprint density at radius 2 is 1.88 bits per heavy atom. The standard InChI is InChI=1S/C18H19BrN2O3/c1-12(22)11-20-18(24)14-3-2-4-16(10-14)21-17(23)9-13-5-7-15(19)8-6-13/h2-8,10,12,22H,9,11H2,1H3,(H,20,24)(H,21,23)/t12-/m0/s1. The number of aliphatic hydroxyl groups is 1. The second-order valence-corrected chi connectivity index (χ2v) is 6.41. The Kier molecular flexibility index (Phi) is 6.52. The molecule has 0 aromatic heterocycles. The lowest BCUT2D eigenvalue weighted by molar-refractivity contribution is -0.115. The third kappa shape index (κ3) is 5.79. The number of anilines is 1. The van der Waals surface area contributed by atoms with Crippen LogP contribution in [0, 0.1) is 0 Å². The summed E-state index contributed by atoms with van der Waals surface area (Å²) in [5, 5.41) is 14.6. The zero-order valence-corrected chi connectivity index (χ0v) is 14.8. The fourth-order valence-electron chi connectivity index (χ4n) is 2.07. The van der Waals surface area contributed by atoms with Crippen molar-refractivity contribution < 1.29 is 14.7 Å². The number of hydrogen-bond donors (Lipinski definition) is 3. The highest BCUT2D eigenvalue weighted by Gasteiger charge is 2.09. The summed E-state index contributed by atoms with van der Waals surface area (Å²) in [5.41, 5.74) is 1.89. The van der Waals surface area contributed by atoms with E-state index in [1.54, 1.807) is 31.2 Å². The van der Waals surface area contributed by atoms with Gasteiger partial charge >= 0.3 is 0 Å². The molecule has 0 saturated heterocycles. The number of amides is 2. The van der Waals surface area contributed by atoms with E-state index in [1.807, 2.05) is 24.3 Å². The van der Waals surface area contributed by atoms with Gasteiger partial charge in [-0.05, 0) is 42.8 Å². The molecular formula is C18H19BrN2O3. The first-order valence-corrected chi connectivity index (χ1v) is 8.34. The molecule has 2 aromatic carbocycles. The third-order valence-corrected chi connectivity index (χ3v) is 3.77. The molecule has 5 nitrogen and oxygen atoms in total. The molecule has 0 radical (unpaired) electrons. The van der Waals surface area contributed by atoms with Crippen LogP contribution in [0.4, 0.5) is 5.69 Å². The van der Waals surface area contributed by atoms with Crippen molar-refractivity contribution in [2.24, 2.45) is 0 Å². The molecule has 6 heteroatoms. The first-order valence-electron chi connectivity index (χ1n) is 7.54. The van der Waals surface area contributed by atoms with Gasteiger partial charge in [0.2, 0.25) is 5.91 Å². The van der Waals surface area contributed by atoms with E-state index in [2.05, 4.69) is 26.6 Å². The van der Waals surface area contributed by atoms with Gasteiger partial charge in [-0.2, -0.15) is 0 Å². The second kappa shape index (κ2) is 8.61. The Balaban J connectivity index is 1.97. The summed E-state index contributed by atoms with van der Waals surface area (Å²) in [7, 11) is 0. The lowest BCUT2D eigenvalue weighted by Crippen LogP contribution is -2.30. The van der Waals surface area contributed by atoms with Crippen LogP contribution in [-0.2, 0) is 11.2 Å². The van der Waals surface area contributed by atoms with E-state index in [4.69, 9.17) is 0 Å². The molecule has 2 amide bonds. The van der Waals surface area contributed by atoms with Gasteiger partial charge in [0, 0.05) is 22.3 Å². The summed E-state index contributed by atoms with van der Waals surface area (Å²) in [6.45, 7) is 1.78. The monoisotopic (exact) mass is 390 g/mol. The zero-order chi connectivity index (χ0) is 17.5. The van der Waals surface area contributed by atoms with Crippen molar-refractivity contribution in [3.05, 3.63) is 64.1 Å². The molecule has 0 aliphatic heterocycles. The lowest BCUT2D eigenvalue weighted by Gasteiger charge is -2.09. The maximum atomic E-state index is 12.1. The average molecular weight is 391 g/mol. The first kappa shape index (κ1) is 18.2. The Morgan fingerprint density at radius 1 is 1.17 bits per heavy atom. The Bertz CT molecular complexity index is 714. The number of carbonyl (C=O) groups is 2. The molecule has 0 bridgehead atoms. The smallest absolute Gasteiger partial charge is 0.251 e. The molecule has 0 aliphatic rings. The minimum absolute atomic E-state index is 0.154. The molecule has 0 aliphatic carbocycles. The number of aliphatic hydroxyl groups excluding tert-OH is 1. The number of benzene rings is 2. The second-order valence-electron chi connectivity index (χ2n) is 5.49. The normalized spacial score (nSPS) is 11.6. The van der Waals surface area contributed by atoms with Crippen LogP contribution >= 0.6 is 15.9 Å². The average Bonchev–Trinajstić information content (AvgIpc) is 2.55. The molecule has 2 rings (SSSR count). The Labute approximate surface area is 149 Å². The fraction of sp³-hybridized carbons (Fsp3) is 0.222. The van der Waals surface area contributed by atoms with Gasteiger partial charge in [0.1, 0.15) is 0 Å². The molecule has 2 aromatic rings. The van der Waals surface area contributed by atoms with E-state index in [0.717, 1.165) is 10.0 Å². The van der Waals surface area contributed by atoms with Gasteiger partial charge in [-0.25, -0.2) is 0 Å². The van der Waals surface area contributed by atoms with Crippen LogP contribution in [0.15, 0.2) is 53.0 Å². The molecule has 126 valence electrons. The van der Waals surface area contributed by atoms with Crippen LogP contribution in [0.3, 0.4) is 0 Å². The van der Waals surface area contributed by atoms with Crippen molar-refractivity contribution in [2.45, 2.75) is 19.4 Å². The van der Waals surface area contributed by atoms with Crippen LogP contribution in [0.25, 0.3) is 0 Å². The molecule has 3 N–H and O–H groups in total. The van der Waals surface area contributed by atoms with Crippen LogP contribution in [-0.4, -0.2) is 29.6 Å². The van der Waals surface area contributed by atoms with E-state index in [1.165, 1.54) is 0 Å². The summed E-state index contributed by atoms with van der Waals surface area (Å²) < 4.78 is 0.961. The van der Waals surface area contributed by atoms with E-state index in [9.17, 15) is 14.7 Å². The maximum absolute atomic E-state index is 12.1. The minimum atomic E-state index is -0.609. The molecule has 1 atom stereocenters. The van der Waals surface area contributed by atoms with Crippen LogP contribution in [0.2, 0.25) is 0 Å². The third-order valence-electron chi connectivity index (χ3n) is 3.24. The van der Waals surface area contributed by atoms with E-state index in [0.29, 0.717) is 11.3 Å². The van der Waals surface area contributed by atoms with Gasteiger partial charge < -0.3 is 15.7 Å². The SMILES string of the molecule is C[C@H](O)CNC(=O)c1cccc(NC(=O)Cc2ccc(Br)cc2)c1. The molecular weight excluding hydrogens is 372 g/mol. The van der Waals surface area contributed by atoms with Crippen molar-refractivity contribution in [3.8, 4) is 0 Å². The number of hydrogen-bond acceptors (Lipinski definition) is 3. The Hall–Kier alpha value is -2.18. The highest BCUT2D eigenvalue weighted by atomic mass is 79.9. The largest absolute Gasteiger partial charge is 0.392 e. The van der Waals surface area contributed by atoms with Crippen molar-refractivity contribution in [3.63, 3.8) is 0 Å². The van der Waals surface area contributed by atoms with Crippen LogP contribution in [0.1, 0.15) is 22.8 Å². The van der Waals surface area contributed by atoms with Crippen LogP contribution < -0.4 is 10.6 Å². The van der Waals surface area contributed by atoms with Gasteiger partial charge in [0.25, 0.3) is 5.91 Å². The van der Waals surface area contributed by atoms with E-state index in [-0.39, 0.29) is 24.8 Å².